The van der Waals surface area contributed by atoms with Gasteiger partial charge in [-0.1, -0.05) is 6.42 Å². The van der Waals surface area contributed by atoms with E-state index in [4.69, 9.17) is 5.73 Å². The van der Waals surface area contributed by atoms with Crippen LogP contribution in [0.5, 0.6) is 0 Å². The minimum absolute atomic E-state index is 0.528. The summed E-state index contributed by atoms with van der Waals surface area (Å²) >= 11 is 0. The molecule has 4 heteroatoms. The van der Waals surface area contributed by atoms with Crippen LogP contribution in [0.1, 0.15) is 24.8 Å². The molecule has 1 heterocycles. The number of aromatic nitrogens is 2. The van der Waals surface area contributed by atoms with Crippen LogP contribution in [0.15, 0.2) is 12.3 Å². The van der Waals surface area contributed by atoms with Crippen molar-refractivity contribution in [3.8, 4) is 0 Å². The highest BCUT2D eigenvalue weighted by Gasteiger charge is 2.20. The van der Waals surface area contributed by atoms with Gasteiger partial charge < -0.3 is 10.6 Å². The molecule has 1 saturated carbocycles. The molecule has 1 aromatic heterocycles. The third kappa shape index (κ3) is 2.26. The molecule has 0 atom stereocenters. The van der Waals surface area contributed by atoms with Crippen LogP contribution in [-0.4, -0.2) is 23.8 Å². The fourth-order valence-corrected chi connectivity index (χ4v) is 1.98. The van der Waals surface area contributed by atoms with Crippen LogP contribution in [0.3, 0.4) is 0 Å². The van der Waals surface area contributed by atoms with Crippen LogP contribution < -0.4 is 10.6 Å². The Kier molecular flexibility index (Phi) is 3.16. The molecule has 0 amide bonds. The Bertz CT molecular complexity index is 322. The maximum Gasteiger partial charge on any atom is 0.155 e. The first kappa shape index (κ1) is 10.4. The monoisotopic (exact) mass is 206 g/mol. The summed E-state index contributed by atoms with van der Waals surface area (Å²) < 4.78 is 0. The highest BCUT2D eigenvalue weighted by molar-refractivity contribution is 5.44. The summed E-state index contributed by atoms with van der Waals surface area (Å²) in [6, 6.07) is 1.94. The Morgan fingerprint density at radius 2 is 2.33 bits per heavy atom. The summed E-state index contributed by atoms with van der Waals surface area (Å²) in [5, 5.41) is 8.08. The summed E-state index contributed by atoms with van der Waals surface area (Å²) in [5.41, 5.74) is 6.75. The zero-order chi connectivity index (χ0) is 10.7. The van der Waals surface area contributed by atoms with Gasteiger partial charge in [0.05, 0.1) is 6.20 Å². The molecule has 0 aromatic carbocycles. The van der Waals surface area contributed by atoms with Crippen LogP contribution in [-0.2, 0) is 6.54 Å². The minimum Gasteiger partial charge on any atom is -0.358 e. The van der Waals surface area contributed by atoms with Crippen LogP contribution >= 0.6 is 0 Å². The van der Waals surface area contributed by atoms with Crippen molar-refractivity contribution >= 4 is 5.82 Å². The van der Waals surface area contributed by atoms with Gasteiger partial charge in [0, 0.05) is 25.7 Å². The van der Waals surface area contributed by atoms with E-state index in [1.165, 1.54) is 19.3 Å². The summed E-state index contributed by atoms with van der Waals surface area (Å²) in [6.45, 7) is 1.60. The molecule has 0 aliphatic heterocycles. The van der Waals surface area contributed by atoms with E-state index in [0.29, 0.717) is 6.54 Å². The van der Waals surface area contributed by atoms with Gasteiger partial charge in [0.25, 0.3) is 0 Å². The van der Waals surface area contributed by atoms with Crippen molar-refractivity contribution in [3.63, 3.8) is 0 Å². The molecule has 4 nitrogen and oxygen atoms in total. The van der Waals surface area contributed by atoms with Gasteiger partial charge >= 0.3 is 0 Å². The third-order valence-electron chi connectivity index (χ3n) is 3.12. The molecule has 1 fully saturated rings. The molecule has 1 aliphatic carbocycles. The van der Waals surface area contributed by atoms with Crippen LogP contribution in [0, 0.1) is 5.92 Å². The number of hydrogen-bond acceptors (Lipinski definition) is 4. The predicted octanol–water partition coefficient (Wildman–Crippen LogP) is 1.17. The molecule has 0 saturated heterocycles. The molecule has 0 spiro atoms. The van der Waals surface area contributed by atoms with E-state index >= 15 is 0 Å². The molecular formula is C11H18N4. The molecule has 2 rings (SSSR count). The molecule has 0 bridgehead atoms. The van der Waals surface area contributed by atoms with E-state index in [2.05, 4.69) is 22.1 Å². The Morgan fingerprint density at radius 1 is 1.53 bits per heavy atom. The van der Waals surface area contributed by atoms with E-state index in [0.717, 1.165) is 23.8 Å². The summed E-state index contributed by atoms with van der Waals surface area (Å²) in [5.74, 6) is 1.77. The maximum atomic E-state index is 5.67. The topological polar surface area (TPSA) is 55.0 Å². The van der Waals surface area contributed by atoms with Crippen molar-refractivity contribution < 1.29 is 0 Å². The predicted molar refractivity (Wildman–Crippen MR) is 60.5 cm³/mol. The molecule has 1 aromatic rings. The second-order valence-electron chi connectivity index (χ2n) is 4.26. The largest absolute Gasteiger partial charge is 0.358 e. The van der Waals surface area contributed by atoms with Gasteiger partial charge in [-0.2, -0.15) is 5.10 Å². The second-order valence-corrected chi connectivity index (χ2v) is 4.26. The van der Waals surface area contributed by atoms with E-state index in [9.17, 15) is 0 Å². The summed E-state index contributed by atoms with van der Waals surface area (Å²) in [4.78, 5) is 2.18. The molecule has 82 valence electrons. The lowest BCUT2D eigenvalue weighted by Gasteiger charge is -2.31. The third-order valence-corrected chi connectivity index (χ3v) is 3.12. The van der Waals surface area contributed by atoms with Crippen molar-refractivity contribution in [3.05, 3.63) is 17.8 Å². The zero-order valence-electron chi connectivity index (χ0n) is 9.19. The van der Waals surface area contributed by atoms with Gasteiger partial charge in [0.2, 0.25) is 0 Å². The molecule has 0 unspecified atom stereocenters. The lowest BCUT2D eigenvalue weighted by Crippen LogP contribution is -2.31. The molecule has 0 radical (unpaired) electrons. The Labute approximate surface area is 90.5 Å². The number of anilines is 1. The van der Waals surface area contributed by atoms with Crippen LogP contribution in [0.4, 0.5) is 5.82 Å². The maximum absolute atomic E-state index is 5.67. The molecular weight excluding hydrogens is 188 g/mol. The Morgan fingerprint density at radius 3 is 2.93 bits per heavy atom. The van der Waals surface area contributed by atoms with E-state index in [-0.39, 0.29) is 0 Å². The average Bonchev–Trinajstić information content (AvgIpc) is 2.23. The van der Waals surface area contributed by atoms with Gasteiger partial charge in [-0.3, -0.25) is 0 Å². The SMILES string of the molecule is CN(CC1CCC1)c1nnccc1CN. The van der Waals surface area contributed by atoms with Crippen LogP contribution in [0.2, 0.25) is 0 Å². The number of hydrogen-bond donors (Lipinski definition) is 1. The van der Waals surface area contributed by atoms with Crippen molar-refractivity contribution in [1.82, 2.24) is 10.2 Å². The average molecular weight is 206 g/mol. The fourth-order valence-electron chi connectivity index (χ4n) is 1.98. The van der Waals surface area contributed by atoms with Crippen molar-refractivity contribution in [1.29, 1.82) is 0 Å². The quantitative estimate of drug-likeness (QED) is 0.803. The zero-order valence-corrected chi connectivity index (χ0v) is 9.19. The van der Waals surface area contributed by atoms with E-state index in [1.54, 1.807) is 6.20 Å². The van der Waals surface area contributed by atoms with Gasteiger partial charge in [-0.05, 0) is 24.8 Å². The summed E-state index contributed by atoms with van der Waals surface area (Å²) in [7, 11) is 2.07. The van der Waals surface area contributed by atoms with Gasteiger partial charge in [0.1, 0.15) is 0 Å². The minimum atomic E-state index is 0.528. The van der Waals surface area contributed by atoms with Crippen molar-refractivity contribution in [2.75, 3.05) is 18.5 Å². The number of rotatable bonds is 4. The van der Waals surface area contributed by atoms with Crippen molar-refractivity contribution in [2.45, 2.75) is 25.8 Å². The first-order valence-corrected chi connectivity index (χ1v) is 5.53. The normalized spacial score (nSPS) is 16.1. The van der Waals surface area contributed by atoms with E-state index in [1.807, 2.05) is 6.07 Å². The lowest BCUT2D eigenvalue weighted by atomic mass is 9.85. The van der Waals surface area contributed by atoms with Gasteiger partial charge in [-0.25, -0.2) is 0 Å². The standard InChI is InChI=1S/C11H18N4/c1-15(8-9-3-2-4-9)11-10(7-12)5-6-13-14-11/h5-6,9H,2-4,7-8,12H2,1H3. The lowest BCUT2D eigenvalue weighted by molar-refractivity contribution is 0.320. The van der Waals surface area contributed by atoms with Gasteiger partial charge in [-0.15, -0.1) is 5.10 Å². The van der Waals surface area contributed by atoms with Crippen LogP contribution in [0.25, 0.3) is 0 Å². The van der Waals surface area contributed by atoms with Crippen molar-refractivity contribution in [2.24, 2.45) is 11.7 Å². The highest BCUT2D eigenvalue weighted by atomic mass is 15.2. The highest BCUT2D eigenvalue weighted by Crippen LogP contribution is 2.28. The number of nitrogens with two attached hydrogens (primary N) is 1. The molecule has 15 heavy (non-hydrogen) atoms. The second kappa shape index (κ2) is 4.57. The molecule has 1 aliphatic rings. The fraction of sp³-hybridized carbons (Fsp3) is 0.636. The first-order chi connectivity index (χ1) is 7.31. The summed E-state index contributed by atoms with van der Waals surface area (Å²) in [6.07, 6.45) is 5.77. The molecule has 2 N–H and O–H groups in total. The van der Waals surface area contributed by atoms with E-state index < -0.39 is 0 Å². The smallest absolute Gasteiger partial charge is 0.155 e. The van der Waals surface area contributed by atoms with Gasteiger partial charge in [0.15, 0.2) is 5.82 Å². The Hall–Kier alpha value is -1.16. The Balaban J connectivity index is 2.05. The first-order valence-electron chi connectivity index (χ1n) is 5.53. The number of nitrogens with zero attached hydrogens (tertiary/aromatic N) is 3.